The molecule has 0 aliphatic rings. The number of rotatable bonds is 5. The van der Waals surface area contributed by atoms with Crippen molar-refractivity contribution in [1.82, 2.24) is 29.5 Å². The molecule has 2 heterocycles. The van der Waals surface area contributed by atoms with Crippen LogP contribution in [0, 0.1) is 25.2 Å². The fourth-order valence-electron chi connectivity index (χ4n) is 2.91. The van der Waals surface area contributed by atoms with Crippen molar-refractivity contribution in [3.8, 4) is 6.07 Å². The summed E-state index contributed by atoms with van der Waals surface area (Å²) in [5.41, 5.74) is 7.32. The van der Waals surface area contributed by atoms with E-state index in [0.717, 1.165) is 25.9 Å². The summed E-state index contributed by atoms with van der Waals surface area (Å²) >= 11 is 6.82. The lowest BCUT2D eigenvalue weighted by molar-refractivity contribution is 0.0990. The molecule has 9 nitrogen and oxygen atoms in total. The molecule has 168 valence electrons. The zero-order chi connectivity index (χ0) is 24.0. The quantitative estimate of drug-likeness (QED) is 0.388. The van der Waals surface area contributed by atoms with Crippen LogP contribution in [0.1, 0.15) is 39.2 Å². The third kappa shape index (κ3) is 6.81. The number of aryl methyl sites for hydroxylation is 2. The van der Waals surface area contributed by atoms with E-state index in [0.29, 0.717) is 18.9 Å². The Bertz CT molecular complexity index is 1320. The van der Waals surface area contributed by atoms with Crippen molar-refractivity contribution < 1.29 is 4.79 Å². The third-order valence-corrected chi connectivity index (χ3v) is 5.46. The van der Waals surface area contributed by atoms with Gasteiger partial charge in [-0.25, -0.2) is 19.3 Å². The minimum atomic E-state index is -0.610. The fraction of sp³-hybridized carbons (Fsp3) is 0.182. The Labute approximate surface area is 207 Å². The number of nitrogens with zero attached hydrogens (tertiary/aromatic N) is 7. The molecule has 0 spiro atoms. The largest absolute Gasteiger partial charge is 0.363 e. The predicted octanol–water partition coefficient (Wildman–Crippen LogP) is 3.77. The van der Waals surface area contributed by atoms with E-state index in [-0.39, 0.29) is 11.6 Å². The van der Waals surface area contributed by atoms with Crippen LogP contribution in [0.4, 0.5) is 0 Å². The third-order valence-electron chi connectivity index (χ3n) is 4.48. The number of carbonyl (C=O) groups is 1. The smallest absolute Gasteiger partial charge is 0.288 e. The summed E-state index contributed by atoms with van der Waals surface area (Å²) in [6.07, 6.45) is 0. The fourth-order valence-corrected chi connectivity index (χ4v) is 3.80. The molecule has 2 aromatic heterocycles. The van der Waals surface area contributed by atoms with Crippen molar-refractivity contribution in [3.05, 3.63) is 91.9 Å². The maximum absolute atomic E-state index is 10.9. The minimum absolute atomic E-state index is 0.0532. The number of aromatic nitrogens is 6. The Morgan fingerprint density at radius 3 is 1.88 bits per heavy atom. The van der Waals surface area contributed by atoms with Crippen molar-refractivity contribution in [2.45, 2.75) is 26.9 Å². The van der Waals surface area contributed by atoms with E-state index in [9.17, 15) is 4.79 Å². The average Bonchev–Trinajstić information content (AvgIpc) is 3.31. The topological polar surface area (TPSA) is 128 Å². The molecule has 0 unspecified atom stereocenters. The molecule has 0 saturated heterocycles. The molecule has 0 aliphatic heterocycles. The van der Waals surface area contributed by atoms with Crippen molar-refractivity contribution in [3.63, 3.8) is 0 Å². The summed E-state index contributed by atoms with van der Waals surface area (Å²) in [5.74, 6) is 1.07. The van der Waals surface area contributed by atoms with Crippen LogP contribution in [0.15, 0.2) is 57.5 Å². The van der Waals surface area contributed by atoms with E-state index in [2.05, 4.69) is 52.0 Å². The predicted molar refractivity (Wildman–Crippen MR) is 129 cm³/mol. The standard InChI is InChI=1S/C11H11BrN4O.C11H9BrN4/c1-7-14-11(10(13)17)15-16(7)6-8-3-2-4-9(12)5-8;1-8-14-11(6-13)15-16(8)7-9-3-2-4-10(12)5-9/h2-5H,6H2,1H3,(H2,13,17);2-5H,7H2,1H3. The van der Waals surface area contributed by atoms with Crippen molar-refractivity contribution >= 4 is 37.8 Å². The van der Waals surface area contributed by atoms with Crippen molar-refractivity contribution in [1.29, 1.82) is 5.26 Å². The van der Waals surface area contributed by atoms with Crippen LogP contribution in [0.2, 0.25) is 0 Å². The van der Waals surface area contributed by atoms with E-state index >= 15 is 0 Å². The van der Waals surface area contributed by atoms with Crippen LogP contribution >= 0.6 is 31.9 Å². The van der Waals surface area contributed by atoms with Gasteiger partial charge in [-0.3, -0.25) is 4.79 Å². The van der Waals surface area contributed by atoms with Gasteiger partial charge in [0.15, 0.2) is 0 Å². The maximum Gasteiger partial charge on any atom is 0.288 e. The SMILES string of the molecule is Cc1nc(C#N)nn1Cc1cccc(Br)c1.Cc1nc(C(N)=O)nn1Cc1cccc(Br)c1. The molecule has 4 rings (SSSR count). The van der Waals surface area contributed by atoms with Gasteiger partial charge in [0.05, 0.1) is 13.1 Å². The van der Waals surface area contributed by atoms with Crippen molar-refractivity contribution in [2.75, 3.05) is 0 Å². The van der Waals surface area contributed by atoms with Gasteiger partial charge in [-0.15, -0.1) is 10.2 Å². The summed E-state index contributed by atoms with van der Waals surface area (Å²) < 4.78 is 5.41. The highest BCUT2D eigenvalue weighted by Crippen LogP contribution is 2.14. The number of primary amides is 1. The minimum Gasteiger partial charge on any atom is -0.363 e. The zero-order valence-electron chi connectivity index (χ0n) is 17.9. The normalized spacial score (nSPS) is 10.3. The molecule has 0 atom stereocenters. The van der Waals surface area contributed by atoms with Gasteiger partial charge in [-0.1, -0.05) is 56.1 Å². The average molecular weight is 572 g/mol. The monoisotopic (exact) mass is 570 g/mol. The van der Waals surface area contributed by atoms with Crippen LogP contribution in [0.25, 0.3) is 0 Å². The first-order valence-corrected chi connectivity index (χ1v) is 11.4. The van der Waals surface area contributed by atoms with Gasteiger partial charge < -0.3 is 5.73 Å². The number of benzene rings is 2. The number of carbonyl (C=O) groups excluding carboxylic acids is 1. The maximum atomic E-state index is 10.9. The molecular formula is C22H20Br2N8O. The molecule has 0 radical (unpaired) electrons. The van der Waals surface area contributed by atoms with Gasteiger partial charge in [-0.2, -0.15) is 5.26 Å². The van der Waals surface area contributed by atoms with E-state index in [1.54, 1.807) is 16.3 Å². The van der Waals surface area contributed by atoms with E-state index in [1.807, 2.05) is 61.5 Å². The highest BCUT2D eigenvalue weighted by molar-refractivity contribution is 9.10. The summed E-state index contributed by atoms with van der Waals surface area (Å²) in [5, 5.41) is 16.8. The number of halogens is 2. The van der Waals surface area contributed by atoms with Gasteiger partial charge in [-0.05, 0) is 49.2 Å². The summed E-state index contributed by atoms with van der Waals surface area (Å²) in [6, 6.07) is 17.8. The number of nitrogens with two attached hydrogens (primary N) is 1. The Morgan fingerprint density at radius 1 is 0.939 bits per heavy atom. The summed E-state index contributed by atoms with van der Waals surface area (Å²) in [4.78, 5) is 19.0. The molecule has 0 saturated carbocycles. The Kier molecular flexibility index (Phi) is 8.08. The van der Waals surface area contributed by atoms with E-state index in [4.69, 9.17) is 11.0 Å². The Hall–Kier alpha value is -3.36. The Balaban J connectivity index is 0.000000186. The molecule has 2 N–H and O–H groups in total. The lowest BCUT2D eigenvalue weighted by Crippen LogP contribution is -2.13. The number of hydrogen-bond donors (Lipinski definition) is 1. The first-order valence-electron chi connectivity index (χ1n) is 9.77. The van der Waals surface area contributed by atoms with Crippen LogP contribution < -0.4 is 5.73 Å². The molecule has 0 fully saturated rings. The van der Waals surface area contributed by atoms with Gasteiger partial charge in [0, 0.05) is 8.95 Å². The number of hydrogen-bond acceptors (Lipinski definition) is 6. The molecule has 33 heavy (non-hydrogen) atoms. The lowest BCUT2D eigenvalue weighted by Gasteiger charge is -2.03. The highest BCUT2D eigenvalue weighted by atomic mass is 79.9. The second-order valence-electron chi connectivity index (χ2n) is 7.02. The number of nitriles is 1. The zero-order valence-corrected chi connectivity index (χ0v) is 21.1. The van der Waals surface area contributed by atoms with Crippen LogP contribution in [0.3, 0.4) is 0 Å². The molecule has 2 aromatic carbocycles. The van der Waals surface area contributed by atoms with Crippen LogP contribution in [0.5, 0.6) is 0 Å². The van der Waals surface area contributed by atoms with Gasteiger partial charge in [0.1, 0.15) is 17.7 Å². The van der Waals surface area contributed by atoms with Gasteiger partial charge in [0.2, 0.25) is 5.82 Å². The molecule has 1 amide bonds. The lowest BCUT2D eigenvalue weighted by atomic mass is 10.2. The molecule has 0 bridgehead atoms. The molecule has 0 aliphatic carbocycles. The molecule has 4 aromatic rings. The van der Waals surface area contributed by atoms with Crippen LogP contribution in [-0.4, -0.2) is 35.4 Å². The Morgan fingerprint density at radius 2 is 1.45 bits per heavy atom. The second-order valence-corrected chi connectivity index (χ2v) is 8.85. The first kappa shape index (κ1) is 24.3. The summed E-state index contributed by atoms with van der Waals surface area (Å²) in [7, 11) is 0. The van der Waals surface area contributed by atoms with E-state index < -0.39 is 5.91 Å². The van der Waals surface area contributed by atoms with Gasteiger partial charge in [0.25, 0.3) is 11.7 Å². The summed E-state index contributed by atoms with van der Waals surface area (Å²) in [6.45, 7) is 4.81. The number of amides is 1. The molecule has 11 heteroatoms. The van der Waals surface area contributed by atoms with Gasteiger partial charge >= 0.3 is 0 Å². The molecular weight excluding hydrogens is 552 g/mol. The van der Waals surface area contributed by atoms with Crippen LogP contribution in [-0.2, 0) is 13.1 Å². The van der Waals surface area contributed by atoms with E-state index in [1.165, 1.54) is 0 Å². The first-order chi connectivity index (χ1) is 15.7. The van der Waals surface area contributed by atoms with Crippen molar-refractivity contribution in [2.24, 2.45) is 5.73 Å². The second kappa shape index (κ2) is 11.0. The highest BCUT2D eigenvalue weighted by Gasteiger charge is 2.11.